The summed E-state index contributed by atoms with van der Waals surface area (Å²) < 4.78 is 25.0. The van der Waals surface area contributed by atoms with Crippen LogP contribution in [0.1, 0.15) is 12.5 Å². The normalized spacial score (nSPS) is 13.0. The average Bonchev–Trinajstić information content (AvgIpc) is 2.27. The smallest absolute Gasteiger partial charge is 0.251 e. The van der Waals surface area contributed by atoms with E-state index in [0.717, 1.165) is 17.5 Å². The summed E-state index contributed by atoms with van der Waals surface area (Å²) in [5.41, 5.74) is 1.76. The van der Waals surface area contributed by atoms with Crippen molar-refractivity contribution in [2.75, 3.05) is 13.3 Å². The average molecular weight is 253 g/mol. The Morgan fingerprint density at radius 3 is 2.41 bits per heavy atom. The van der Waals surface area contributed by atoms with Gasteiger partial charge in [0.1, 0.15) is 6.34 Å². The predicted molar refractivity (Wildman–Crippen MR) is 69.8 cm³/mol. The maximum atomic E-state index is 10.8. The number of hydrazone groups is 1. The highest BCUT2D eigenvalue weighted by Crippen LogP contribution is 2.01. The molecular weight excluding hydrogens is 238 g/mol. The van der Waals surface area contributed by atoms with E-state index in [2.05, 4.69) is 9.50 Å². The Balaban J connectivity index is 2.80. The summed E-state index contributed by atoms with van der Waals surface area (Å²) in [6.07, 6.45) is 2.20. The summed E-state index contributed by atoms with van der Waals surface area (Å²) in [4.78, 5) is 0. The van der Waals surface area contributed by atoms with Gasteiger partial charge in [-0.05, 0) is 12.5 Å². The quantitative estimate of drug-likeness (QED) is 0.462. The Hall–Kier alpha value is -1.69. The second-order valence-electron chi connectivity index (χ2n) is 3.58. The monoisotopic (exact) mass is 253 g/mol. The Bertz CT molecular complexity index is 521. The zero-order valence-corrected chi connectivity index (χ0v) is 10.8. The summed E-state index contributed by atoms with van der Waals surface area (Å²) in [5, 5.41) is 5.55. The van der Waals surface area contributed by atoms with Crippen LogP contribution in [0, 0.1) is 0 Å². The van der Waals surface area contributed by atoms with Crippen molar-refractivity contribution in [1.82, 2.24) is 5.01 Å². The standard InChI is InChI=1S/C11H15N3O2S/c1-10(11-7-5-4-6-8-11)13-14(2)9-12-17(3,15)16/h4-9H,1-3H3/b12-9?,13-10+. The largest absolute Gasteiger partial charge is 0.256 e. The van der Waals surface area contributed by atoms with Gasteiger partial charge in [0.05, 0.1) is 12.0 Å². The summed E-state index contributed by atoms with van der Waals surface area (Å²) in [5.74, 6) is 0. The van der Waals surface area contributed by atoms with Crippen molar-refractivity contribution < 1.29 is 8.42 Å². The molecule has 1 rings (SSSR count). The van der Waals surface area contributed by atoms with Gasteiger partial charge in [-0.3, -0.25) is 5.01 Å². The summed E-state index contributed by atoms with van der Waals surface area (Å²) in [6.45, 7) is 1.85. The van der Waals surface area contributed by atoms with Crippen LogP contribution in [0.5, 0.6) is 0 Å². The van der Waals surface area contributed by atoms with E-state index in [1.54, 1.807) is 7.05 Å². The summed E-state index contributed by atoms with van der Waals surface area (Å²) in [7, 11) is -1.73. The molecule has 92 valence electrons. The molecule has 0 atom stereocenters. The molecular formula is C11H15N3O2S. The number of sulfonamides is 1. The zero-order valence-electron chi connectivity index (χ0n) is 10.0. The van der Waals surface area contributed by atoms with Crippen molar-refractivity contribution in [3.63, 3.8) is 0 Å². The molecule has 17 heavy (non-hydrogen) atoms. The lowest BCUT2D eigenvalue weighted by molar-refractivity contribution is 0.559. The van der Waals surface area contributed by atoms with Crippen LogP contribution in [0.15, 0.2) is 39.8 Å². The van der Waals surface area contributed by atoms with Crippen LogP contribution in [-0.2, 0) is 10.0 Å². The molecule has 0 saturated heterocycles. The SMILES string of the molecule is C/C(=N\N(C)C=NS(C)(=O)=O)c1ccccc1. The van der Waals surface area contributed by atoms with Gasteiger partial charge in [-0.1, -0.05) is 30.3 Å². The van der Waals surface area contributed by atoms with E-state index in [1.165, 1.54) is 11.3 Å². The Morgan fingerprint density at radius 2 is 1.88 bits per heavy atom. The van der Waals surface area contributed by atoms with Crippen LogP contribution in [0.3, 0.4) is 0 Å². The number of nitrogens with zero attached hydrogens (tertiary/aromatic N) is 3. The molecule has 0 aliphatic heterocycles. The molecule has 1 aromatic rings. The Morgan fingerprint density at radius 1 is 1.29 bits per heavy atom. The molecule has 5 nitrogen and oxygen atoms in total. The van der Waals surface area contributed by atoms with Crippen LogP contribution < -0.4 is 0 Å². The van der Waals surface area contributed by atoms with E-state index in [-0.39, 0.29) is 0 Å². The third-order valence-corrected chi connectivity index (χ3v) is 2.38. The fourth-order valence-electron chi connectivity index (χ4n) is 1.15. The minimum absolute atomic E-state index is 0.785. The Kier molecular flexibility index (Phi) is 4.39. The minimum Gasteiger partial charge on any atom is -0.256 e. The van der Waals surface area contributed by atoms with E-state index < -0.39 is 10.0 Å². The van der Waals surface area contributed by atoms with Crippen LogP contribution in [0.2, 0.25) is 0 Å². The highest BCUT2D eigenvalue weighted by molar-refractivity contribution is 7.89. The summed E-state index contributed by atoms with van der Waals surface area (Å²) >= 11 is 0. The number of rotatable bonds is 4. The lowest BCUT2D eigenvalue weighted by Gasteiger charge is -2.07. The predicted octanol–water partition coefficient (Wildman–Crippen LogP) is 1.33. The molecule has 0 unspecified atom stereocenters. The molecule has 0 fully saturated rings. The fourth-order valence-corrected chi connectivity index (χ4v) is 1.46. The van der Waals surface area contributed by atoms with Crippen LogP contribution in [0.4, 0.5) is 0 Å². The number of hydrogen-bond donors (Lipinski definition) is 0. The van der Waals surface area contributed by atoms with Crippen LogP contribution in [0.25, 0.3) is 0 Å². The first-order valence-electron chi connectivity index (χ1n) is 4.97. The van der Waals surface area contributed by atoms with Gasteiger partial charge in [-0.2, -0.15) is 9.50 Å². The van der Waals surface area contributed by atoms with E-state index >= 15 is 0 Å². The molecule has 0 amide bonds. The molecule has 6 heteroatoms. The molecule has 1 aromatic carbocycles. The second-order valence-corrected chi connectivity index (χ2v) is 5.26. The lowest BCUT2D eigenvalue weighted by Crippen LogP contribution is -2.12. The van der Waals surface area contributed by atoms with Crippen molar-refractivity contribution in [3.05, 3.63) is 35.9 Å². The van der Waals surface area contributed by atoms with Crippen LogP contribution >= 0.6 is 0 Å². The van der Waals surface area contributed by atoms with Crippen molar-refractivity contribution in [1.29, 1.82) is 0 Å². The molecule has 0 saturated carbocycles. The van der Waals surface area contributed by atoms with Crippen molar-refractivity contribution in [2.45, 2.75) is 6.92 Å². The van der Waals surface area contributed by atoms with Gasteiger partial charge in [0.2, 0.25) is 0 Å². The highest BCUT2D eigenvalue weighted by atomic mass is 32.2. The van der Waals surface area contributed by atoms with Gasteiger partial charge in [-0.15, -0.1) is 0 Å². The maximum absolute atomic E-state index is 10.8. The van der Waals surface area contributed by atoms with Crippen molar-refractivity contribution in [2.24, 2.45) is 9.50 Å². The van der Waals surface area contributed by atoms with Crippen molar-refractivity contribution in [3.8, 4) is 0 Å². The number of benzene rings is 1. The van der Waals surface area contributed by atoms with E-state index in [1.807, 2.05) is 37.3 Å². The van der Waals surface area contributed by atoms with Gasteiger partial charge in [0.25, 0.3) is 10.0 Å². The highest BCUT2D eigenvalue weighted by Gasteiger charge is 1.98. The van der Waals surface area contributed by atoms with Gasteiger partial charge in [-0.25, -0.2) is 8.42 Å². The molecule has 0 bridgehead atoms. The minimum atomic E-state index is -3.36. The van der Waals surface area contributed by atoms with Crippen molar-refractivity contribution >= 4 is 22.1 Å². The van der Waals surface area contributed by atoms with Gasteiger partial charge < -0.3 is 0 Å². The molecule has 0 spiro atoms. The molecule has 0 aromatic heterocycles. The zero-order chi connectivity index (χ0) is 12.9. The molecule has 0 aliphatic carbocycles. The van der Waals surface area contributed by atoms with E-state index in [9.17, 15) is 8.42 Å². The molecule has 0 heterocycles. The first kappa shape index (κ1) is 13.4. The van der Waals surface area contributed by atoms with Gasteiger partial charge >= 0.3 is 0 Å². The lowest BCUT2D eigenvalue weighted by atomic mass is 10.1. The topological polar surface area (TPSA) is 62.1 Å². The van der Waals surface area contributed by atoms with Gasteiger partial charge in [0, 0.05) is 7.05 Å². The fraction of sp³-hybridized carbons (Fsp3) is 0.273. The third kappa shape index (κ3) is 5.26. The number of hydrogen-bond acceptors (Lipinski definition) is 3. The summed E-state index contributed by atoms with van der Waals surface area (Å²) in [6, 6.07) is 9.62. The first-order valence-corrected chi connectivity index (χ1v) is 6.82. The van der Waals surface area contributed by atoms with Crippen LogP contribution in [-0.4, -0.2) is 38.8 Å². The van der Waals surface area contributed by atoms with E-state index in [4.69, 9.17) is 0 Å². The Labute approximate surface area is 102 Å². The second kappa shape index (κ2) is 5.58. The van der Waals surface area contributed by atoms with Gasteiger partial charge in [0.15, 0.2) is 0 Å². The molecule has 0 N–H and O–H groups in total. The molecule has 0 aliphatic rings. The first-order chi connectivity index (χ1) is 7.88. The maximum Gasteiger partial charge on any atom is 0.251 e. The molecule has 0 radical (unpaired) electrons. The third-order valence-electron chi connectivity index (χ3n) is 1.91. The van der Waals surface area contributed by atoms with E-state index in [0.29, 0.717) is 0 Å².